The van der Waals surface area contributed by atoms with Crippen LogP contribution in [-0.2, 0) is 22.6 Å². The van der Waals surface area contributed by atoms with Crippen molar-refractivity contribution in [3.63, 3.8) is 0 Å². The number of amides is 2. The average Bonchev–Trinajstić information content (AvgIpc) is 3.54. The molecule has 0 saturated heterocycles. The summed E-state index contributed by atoms with van der Waals surface area (Å²) in [6, 6.07) is 19.1. The summed E-state index contributed by atoms with van der Waals surface area (Å²) in [5.74, 6) is -1.87. The molecule has 1 aliphatic heterocycles. The molecule has 4 aromatic rings. The van der Waals surface area contributed by atoms with E-state index in [2.05, 4.69) is 21.0 Å². The fourth-order valence-corrected chi connectivity index (χ4v) is 4.89. The number of benzene rings is 3. The summed E-state index contributed by atoms with van der Waals surface area (Å²) in [5, 5.41) is 21.9. The van der Waals surface area contributed by atoms with E-state index in [9.17, 15) is 19.2 Å². The number of aliphatic carboxylic acids is 1. The number of anilines is 3. The minimum atomic E-state index is -0.811. The number of carboxylic acid groups (broad SMARTS) is 1. The van der Waals surface area contributed by atoms with E-state index in [0.29, 0.717) is 53.0 Å². The highest BCUT2D eigenvalue weighted by Gasteiger charge is 2.25. The van der Waals surface area contributed by atoms with Gasteiger partial charge in [0, 0.05) is 59.1 Å². The van der Waals surface area contributed by atoms with Crippen molar-refractivity contribution in [3.8, 4) is 0 Å². The second-order valence-corrected chi connectivity index (χ2v) is 10.3. The van der Waals surface area contributed by atoms with Gasteiger partial charge in [0.25, 0.3) is 11.8 Å². The topological polar surface area (TPSA) is 142 Å². The molecule has 0 spiro atoms. The van der Waals surface area contributed by atoms with E-state index in [1.807, 2.05) is 31.2 Å². The maximum atomic E-state index is 13.3. The lowest BCUT2D eigenvalue weighted by atomic mass is 9.99. The summed E-state index contributed by atoms with van der Waals surface area (Å²) in [5.41, 5.74) is 4.64. The fourth-order valence-electron chi connectivity index (χ4n) is 4.65. The van der Waals surface area contributed by atoms with E-state index in [-0.39, 0.29) is 28.8 Å². The number of nitrogens with one attached hydrogen (secondary N) is 3. The first-order valence-corrected chi connectivity index (χ1v) is 14.0. The van der Waals surface area contributed by atoms with E-state index in [0.717, 1.165) is 11.3 Å². The van der Waals surface area contributed by atoms with Crippen LogP contribution >= 0.6 is 11.6 Å². The molecule has 0 atom stereocenters. The molecule has 10 nitrogen and oxygen atoms in total. The van der Waals surface area contributed by atoms with Gasteiger partial charge in [-0.1, -0.05) is 48.0 Å². The number of aryl methyl sites for hydroxylation is 2. The summed E-state index contributed by atoms with van der Waals surface area (Å²) < 4.78 is 1.56. The van der Waals surface area contributed by atoms with Crippen LogP contribution in [0.4, 0.5) is 17.1 Å². The molecule has 0 fully saturated rings. The van der Waals surface area contributed by atoms with E-state index in [4.69, 9.17) is 16.7 Å². The van der Waals surface area contributed by atoms with Crippen molar-refractivity contribution in [3.05, 3.63) is 112 Å². The Morgan fingerprint density at radius 3 is 2.51 bits per heavy atom. The molecule has 0 saturated carbocycles. The molecule has 0 bridgehead atoms. The smallest absolute Gasteiger partial charge is 0.303 e. The lowest BCUT2D eigenvalue weighted by Gasteiger charge is -2.08. The first-order valence-electron chi connectivity index (χ1n) is 13.6. The van der Waals surface area contributed by atoms with Gasteiger partial charge in [-0.15, -0.1) is 0 Å². The van der Waals surface area contributed by atoms with Gasteiger partial charge in [-0.3, -0.25) is 23.9 Å². The van der Waals surface area contributed by atoms with Gasteiger partial charge in [-0.2, -0.15) is 5.10 Å². The van der Waals surface area contributed by atoms with Crippen molar-refractivity contribution in [1.29, 1.82) is 0 Å². The molecule has 5 rings (SSSR count). The Balaban J connectivity index is 1.26. The Hall–Kier alpha value is -5.22. The van der Waals surface area contributed by atoms with Crippen LogP contribution in [0.2, 0.25) is 5.02 Å². The number of aromatic nitrogens is 2. The minimum Gasteiger partial charge on any atom is -0.481 e. The van der Waals surface area contributed by atoms with Gasteiger partial charge >= 0.3 is 5.97 Å². The third-order valence-electron chi connectivity index (χ3n) is 6.90. The Morgan fingerprint density at radius 1 is 1.02 bits per heavy atom. The number of hydrogen-bond donors (Lipinski definition) is 4. The molecule has 0 unspecified atom stereocenters. The van der Waals surface area contributed by atoms with E-state index >= 15 is 0 Å². The SMILES string of the molecule is CCn1cc(Cl)c(C(=O)Nc2cccc(C(=O)c3ccc4c(c3)NC(=O)C4=CNc3ccc(CCCC(=O)O)cc3)c2)n1. The molecule has 11 heteroatoms. The van der Waals surface area contributed by atoms with Crippen LogP contribution in [-0.4, -0.2) is 38.5 Å². The molecule has 3 aromatic carbocycles. The molecular weight excluding hydrogens is 570 g/mol. The molecule has 1 aromatic heterocycles. The van der Waals surface area contributed by atoms with Gasteiger partial charge in [0.05, 0.1) is 10.6 Å². The number of carbonyl (C=O) groups is 4. The van der Waals surface area contributed by atoms with Crippen LogP contribution in [0, 0.1) is 0 Å². The van der Waals surface area contributed by atoms with Crippen LogP contribution in [0.1, 0.15) is 57.3 Å². The highest BCUT2D eigenvalue weighted by Crippen LogP contribution is 2.33. The Morgan fingerprint density at radius 2 is 1.79 bits per heavy atom. The van der Waals surface area contributed by atoms with Crippen molar-refractivity contribution >= 4 is 57.8 Å². The number of rotatable bonds is 11. The summed E-state index contributed by atoms with van der Waals surface area (Å²) in [6.45, 7) is 2.45. The lowest BCUT2D eigenvalue weighted by molar-refractivity contribution is -0.137. The molecular formula is C32H28ClN5O5. The molecule has 218 valence electrons. The lowest BCUT2D eigenvalue weighted by Crippen LogP contribution is -2.14. The van der Waals surface area contributed by atoms with Crippen molar-refractivity contribution in [2.75, 3.05) is 16.0 Å². The van der Waals surface area contributed by atoms with Gasteiger partial charge in [0.15, 0.2) is 11.5 Å². The van der Waals surface area contributed by atoms with Crippen LogP contribution < -0.4 is 16.0 Å². The van der Waals surface area contributed by atoms with E-state index in [1.54, 1.807) is 59.5 Å². The van der Waals surface area contributed by atoms with Crippen molar-refractivity contribution in [2.45, 2.75) is 32.7 Å². The molecule has 43 heavy (non-hydrogen) atoms. The zero-order valence-corrected chi connectivity index (χ0v) is 23.9. The molecule has 1 aliphatic rings. The monoisotopic (exact) mass is 597 g/mol. The van der Waals surface area contributed by atoms with Crippen LogP contribution in [0.15, 0.2) is 79.1 Å². The van der Waals surface area contributed by atoms with Gasteiger partial charge in [0.1, 0.15) is 0 Å². The largest absolute Gasteiger partial charge is 0.481 e. The summed E-state index contributed by atoms with van der Waals surface area (Å²) in [7, 11) is 0. The molecule has 0 radical (unpaired) electrons. The van der Waals surface area contributed by atoms with Gasteiger partial charge < -0.3 is 21.1 Å². The second-order valence-electron chi connectivity index (χ2n) is 9.91. The predicted octanol–water partition coefficient (Wildman–Crippen LogP) is 5.85. The van der Waals surface area contributed by atoms with E-state index in [1.165, 1.54) is 0 Å². The number of halogens is 1. The summed E-state index contributed by atoms with van der Waals surface area (Å²) in [6.07, 6.45) is 4.55. The van der Waals surface area contributed by atoms with Crippen molar-refractivity contribution in [2.24, 2.45) is 0 Å². The number of hydrogen-bond acceptors (Lipinski definition) is 6. The van der Waals surface area contributed by atoms with Crippen LogP contribution in [0.25, 0.3) is 5.57 Å². The minimum absolute atomic E-state index is 0.0953. The Bertz CT molecular complexity index is 1760. The number of ketones is 1. The highest BCUT2D eigenvalue weighted by atomic mass is 35.5. The predicted molar refractivity (Wildman–Crippen MR) is 164 cm³/mol. The summed E-state index contributed by atoms with van der Waals surface area (Å²) >= 11 is 6.14. The average molecular weight is 598 g/mol. The Kier molecular flexibility index (Phi) is 8.68. The first-order chi connectivity index (χ1) is 20.7. The maximum Gasteiger partial charge on any atom is 0.303 e. The first kappa shape index (κ1) is 29.3. The zero-order valence-electron chi connectivity index (χ0n) is 23.2. The molecule has 0 aliphatic carbocycles. The third kappa shape index (κ3) is 6.82. The molecule has 2 amide bonds. The number of fused-ring (bicyclic) bond motifs is 1. The van der Waals surface area contributed by atoms with E-state index < -0.39 is 11.9 Å². The third-order valence-corrected chi connectivity index (χ3v) is 7.17. The second kappa shape index (κ2) is 12.7. The van der Waals surface area contributed by atoms with Crippen LogP contribution in [0.3, 0.4) is 0 Å². The quantitative estimate of drug-likeness (QED) is 0.125. The van der Waals surface area contributed by atoms with Crippen molar-refractivity contribution < 1.29 is 24.3 Å². The number of carboxylic acids is 1. The van der Waals surface area contributed by atoms with Gasteiger partial charge in [-0.05, 0) is 55.7 Å². The number of carbonyl (C=O) groups excluding carboxylic acids is 3. The normalized spacial score (nSPS) is 13.0. The summed E-state index contributed by atoms with van der Waals surface area (Å²) in [4.78, 5) is 49.5. The molecule has 2 heterocycles. The number of nitrogens with zero attached hydrogens (tertiary/aromatic N) is 2. The fraction of sp³-hybridized carbons (Fsp3) is 0.156. The van der Waals surface area contributed by atoms with Crippen LogP contribution in [0.5, 0.6) is 0 Å². The molecule has 4 N–H and O–H groups in total. The standard InChI is InChI=1S/C32H28ClN5O5/c1-2-38-18-26(33)29(37-38)32(43)35-23-7-4-6-20(15-23)30(41)21-11-14-24-25(31(42)36-27(24)16-21)17-34-22-12-9-19(10-13-22)5-3-8-28(39)40/h4,6-7,9-18,34H,2-3,5,8H2,1H3,(H,35,43)(H,36,42)(H,39,40). The Labute approximate surface area is 252 Å². The van der Waals surface area contributed by atoms with Crippen molar-refractivity contribution in [1.82, 2.24) is 9.78 Å². The van der Waals surface area contributed by atoms with Gasteiger partial charge in [0.2, 0.25) is 0 Å². The maximum absolute atomic E-state index is 13.3. The zero-order chi connectivity index (χ0) is 30.5. The highest BCUT2D eigenvalue weighted by molar-refractivity contribution is 6.34. The van der Waals surface area contributed by atoms with Gasteiger partial charge in [-0.25, -0.2) is 0 Å².